The van der Waals surface area contributed by atoms with E-state index in [2.05, 4.69) is 16.6 Å². The molecule has 0 aromatic heterocycles. The highest BCUT2D eigenvalue weighted by molar-refractivity contribution is 7.92. The second kappa shape index (κ2) is 8.99. The summed E-state index contributed by atoms with van der Waals surface area (Å²) < 4.78 is 28.3. The Kier molecular flexibility index (Phi) is 6.42. The average molecular weight is 428 g/mol. The maximum atomic E-state index is 12.9. The van der Waals surface area contributed by atoms with Crippen LogP contribution in [0.1, 0.15) is 24.8 Å². The molecule has 0 spiro atoms. The topological polar surface area (TPSA) is 83.5 Å². The van der Waals surface area contributed by atoms with Crippen LogP contribution in [-0.2, 0) is 14.8 Å². The number of fused-ring (bicyclic) bond motifs is 1. The van der Waals surface area contributed by atoms with E-state index in [1.165, 1.54) is 0 Å². The monoisotopic (exact) mass is 427 g/mol. The molecule has 0 bridgehead atoms. The van der Waals surface area contributed by atoms with Gasteiger partial charge in [-0.15, -0.1) is 0 Å². The smallest absolute Gasteiger partial charge is 0.303 e. The molecule has 0 unspecified atom stereocenters. The number of carbonyl (C=O) groups is 1. The summed E-state index contributed by atoms with van der Waals surface area (Å²) in [6.07, 6.45) is 0.836. The minimum atomic E-state index is -3.83. The van der Waals surface area contributed by atoms with Crippen LogP contribution in [0.2, 0.25) is 5.02 Å². The lowest BCUT2D eigenvalue weighted by atomic mass is 10.1. The van der Waals surface area contributed by atoms with Gasteiger partial charge in [0.05, 0.1) is 16.1 Å². The van der Waals surface area contributed by atoms with Crippen molar-refractivity contribution in [3.8, 4) is 11.8 Å². The molecular weight excluding hydrogens is 410 g/mol. The number of unbranched alkanes of at least 4 members (excludes halogenated alkanes) is 1. The highest BCUT2D eigenvalue weighted by Crippen LogP contribution is 2.25. The van der Waals surface area contributed by atoms with Gasteiger partial charge in [-0.2, -0.15) is 0 Å². The molecule has 0 heterocycles. The Labute approximate surface area is 174 Å². The third kappa shape index (κ3) is 5.50. The molecule has 0 saturated heterocycles. The summed E-state index contributed by atoms with van der Waals surface area (Å²) in [5.41, 5.74) is 0.741. The number of hydrogen-bond donors (Lipinski definition) is 2. The predicted octanol–water partition coefficient (Wildman–Crippen LogP) is 4.90. The van der Waals surface area contributed by atoms with Crippen LogP contribution in [0.15, 0.2) is 65.6 Å². The zero-order chi connectivity index (χ0) is 20.9. The van der Waals surface area contributed by atoms with Crippen molar-refractivity contribution >= 4 is 44.1 Å². The first-order valence-corrected chi connectivity index (χ1v) is 10.7. The summed E-state index contributed by atoms with van der Waals surface area (Å²) in [6, 6.07) is 17.1. The third-order valence-electron chi connectivity index (χ3n) is 4.17. The fourth-order valence-corrected chi connectivity index (χ4v) is 4.02. The van der Waals surface area contributed by atoms with Crippen LogP contribution in [0.25, 0.3) is 10.8 Å². The van der Waals surface area contributed by atoms with E-state index in [4.69, 9.17) is 16.7 Å². The lowest BCUT2D eigenvalue weighted by molar-refractivity contribution is -0.137. The van der Waals surface area contributed by atoms with Crippen molar-refractivity contribution < 1.29 is 18.3 Å². The number of carboxylic acid groups (broad SMARTS) is 1. The minimum Gasteiger partial charge on any atom is -0.481 e. The zero-order valence-corrected chi connectivity index (χ0v) is 16.9. The Morgan fingerprint density at radius 2 is 1.79 bits per heavy atom. The molecule has 3 aromatic carbocycles. The van der Waals surface area contributed by atoms with E-state index in [0.29, 0.717) is 29.1 Å². The van der Waals surface area contributed by atoms with Crippen LogP contribution < -0.4 is 4.72 Å². The molecule has 0 aliphatic rings. The Morgan fingerprint density at radius 1 is 1.03 bits per heavy atom. The number of anilines is 1. The van der Waals surface area contributed by atoms with Gasteiger partial charge in [-0.1, -0.05) is 53.8 Å². The van der Waals surface area contributed by atoms with Crippen molar-refractivity contribution in [1.82, 2.24) is 0 Å². The van der Waals surface area contributed by atoms with Crippen molar-refractivity contribution in [3.05, 3.63) is 71.2 Å². The summed E-state index contributed by atoms with van der Waals surface area (Å²) in [5, 5.41) is 10.9. The molecule has 29 heavy (non-hydrogen) atoms. The summed E-state index contributed by atoms with van der Waals surface area (Å²) >= 11 is 6.03. The second-order valence-corrected chi connectivity index (χ2v) is 8.47. The molecule has 0 radical (unpaired) electrons. The van der Waals surface area contributed by atoms with Gasteiger partial charge in [0.2, 0.25) is 0 Å². The Hall–Kier alpha value is -3.01. The van der Waals surface area contributed by atoms with Crippen LogP contribution in [-0.4, -0.2) is 19.5 Å². The molecule has 3 rings (SSSR count). The number of aliphatic carboxylic acids is 1. The molecule has 0 atom stereocenters. The number of carboxylic acids is 1. The molecular formula is C22H18ClNO4S. The van der Waals surface area contributed by atoms with Crippen LogP contribution >= 0.6 is 11.6 Å². The molecule has 0 amide bonds. The number of hydrogen-bond acceptors (Lipinski definition) is 3. The largest absolute Gasteiger partial charge is 0.481 e. The maximum Gasteiger partial charge on any atom is 0.303 e. The molecule has 0 aliphatic heterocycles. The second-order valence-electron chi connectivity index (χ2n) is 6.35. The SMILES string of the molecule is O=C(O)CCCC#Cc1cc(Cl)ccc1NS(=O)(=O)c1ccc2ccccc2c1. The fourth-order valence-electron chi connectivity index (χ4n) is 2.73. The predicted molar refractivity (Wildman–Crippen MR) is 115 cm³/mol. The van der Waals surface area contributed by atoms with Gasteiger partial charge in [-0.05, 0) is 47.5 Å². The van der Waals surface area contributed by atoms with Crippen LogP contribution in [0, 0.1) is 11.8 Å². The summed E-state index contributed by atoms with van der Waals surface area (Å²) in [4.78, 5) is 10.7. The third-order valence-corrected chi connectivity index (χ3v) is 5.77. The lowest BCUT2D eigenvalue weighted by Gasteiger charge is -2.11. The van der Waals surface area contributed by atoms with E-state index >= 15 is 0 Å². The van der Waals surface area contributed by atoms with E-state index in [0.717, 1.165) is 10.8 Å². The number of halogens is 1. The van der Waals surface area contributed by atoms with Gasteiger partial charge in [-0.3, -0.25) is 9.52 Å². The highest BCUT2D eigenvalue weighted by atomic mass is 35.5. The standard InChI is InChI=1S/C22H18ClNO4S/c23-19-11-13-21(18(14-19)8-2-1-3-9-22(25)26)24-29(27,28)20-12-10-16-6-4-5-7-17(16)15-20/h4-7,10-15,24H,1,3,9H2,(H,25,26). The average Bonchev–Trinajstić information content (AvgIpc) is 2.69. The van der Waals surface area contributed by atoms with E-state index in [-0.39, 0.29) is 11.3 Å². The summed E-state index contributed by atoms with van der Waals surface area (Å²) in [6.45, 7) is 0. The van der Waals surface area contributed by atoms with Gasteiger partial charge in [0.15, 0.2) is 0 Å². The number of rotatable bonds is 6. The molecule has 2 N–H and O–H groups in total. The van der Waals surface area contributed by atoms with Gasteiger partial charge in [0.1, 0.15) is 0 Å². The van der Waals surface area contributed by atoms with Gasteiger partial charge >= 0.3 is 5.97 Å². The van der Waals surface area contributed by atoms with Gasteiger partial charge < -0.3 is 5.11 Å². The minimum absolute atomic E-state index is 0.0334. The Morgan fingerprint density at radius 3 is 2.55 bits per heavy atom. The highest BCUT2D eigenvalue weighted by Gasteiger charge is 2.16. The van der Waals surface area contributed by atoms with E-state index in [1.807, 2.05) is 24.3 Å². The van der Waals surface area contributed by atoms with E-state index < -0.39 is 16.0 Å². The Bertz CT molecular complexity index is 1230. The van der Waals surface area contributed by atoms with Crippen molar-refractivity contribution in [3.63, 3.8) is 0 Å². The summed E-state index contributed by atoms with van der Waals surface area (Å²) in [5.74, 6) is 4.87. The number of benzene rings is 3. The Balaban J connectivity index is 1.86. The first kappa shape index (κ1) is 20.7. The van der Waals surface area contributed by atoms with Crippen molar-refractivity contribution in [2.45, 2.75) is 24.2 Å². The first-order valence-electron chi connectivity index (χ1n) is 8.87. The van der Waals surface area contributed by atoms with Crippen molar-refractivity contribution in [2.24, 2.45) is 0 Å². The van der Waals surface area contributed by atoms with E-state index in [9.17, 15) is 13.2 Å². The van der Waals surface area contributed by atoms with Gasteiger partial charge in [-0.25, -0.2) is 8.42 Å². The fraction of sp³-hybridized carbons (Fsp3) is 0.136. The van der Waals surface area contributed by atoms with Crippen LogP contribution in [0.4, 0.5) is 5.69 Å². The quantitative estimate of drug-likeness (QED) is 0.433. The van der Waals surface area contributed by atoms with Crippen molar-refractivity contribution in [1.29, 1.82) is 0 Å². The normalized spacial score (nSPS) is 10.9. The molecule has 0 aliphatic carbocycles. The van der Waals surface area contributed by atoms with Crippen LogP contribution in [0.3, 0.4) is 0 Å². The van der Waals surface area contributed by atoms with Crippen LogP contribution in [0.5, 0.6) is 0 Å². The molecule has 0 fully saturated rings. The molecule has 3 aromatic rings. The molecule has 5 nitrogen and oxygen atoms in total. The molecule has 148 valence electrons. The van der Waals surface area contributed by atoms with Gasteiger partial charge in [0.25, 0.3) is 10.0 Å². The van der Waals surface area contributed by atoms with E-state index in [1.54, 1.807) is 36.4 Å². The van der Waals surface area contributed by atoms with Gasteiger partial charge in [0, 0.05) is 17.9 Å². The lowest BCUT2D eigenvalue weighted by Crippen LogP contribution is -2.13. The number of nitrogens with one attached hydrogen (secondary N) is 1. The zero-order valence-electron chi connectivity index (χ0n) is 15.4. The van der Waals surface area contributed by atoms with Crippen molar-refractivity contribution in [2.75, 3.05) is 4.72 Å². The summed E-state index contributed by atoms with van der Waals surface area (Å²) in [7, 11) is -3.83. The number of sulfonamides is 1. The molecule has 7 heteroatoms. The first-order chi connectivity index (χ1) is 13.8. The maximum absolute atomic E-state index is 12.9. The molecule has 0 saturated carbocycles.